The maximum Gasteiger partial charge on any atom is 0.416 e. The fourth-order valence-corrected chi connectivity index (χ4v) is 1.89. The van der Waals surface area contributed by atoms with E-state index in [-0.39, 0.29) is 5.69 Å². The first-order chi connectivity index (χ1) is 9.79. The highest BCUT2D eigenvalue weighted by Gasteiger charge is 2.30. The summed E-state index contributed by atoms with van der Waals surface area (Å²) in [7, 11) is 0. The van der Waals surface area contributed by atoms with Crippen molar-refractivity contribution in [2.45, 2.75) is 19.1 Å². The lowest BCUT2D eigenvalue weighted by Gasteiger charge is -2.17. The van der Waals surface area contributed by atoms with Gasteiger partial charge in [0.15, 0.2) is 11.6 Å². The van der Waals surface area contributed by atoms with Crippen molar-refractivity contribution in [3.8, 4) is 0 Å². The van der Waals surface area contributed by atoms with Crippen molar-refractivity contribution < 1.29 is 22.0 Å². The number of anilines is 1. The first kappa shape index (κ1) is 15.3. The van der Waals surface area contributed by atoms with Gasteiger partial charge >= 0.3 is 6.18 Å². The molecule has 1 nitrogen and oxygen atoms in total. The van der Waals surface area contributed by atoms with Gasteiger partial charge in [0.2, 0.25) is 0 Å². The second-order valence-electron chi connectivity index (χ2n) is 4.59. The van der Waals surface area contributed by atoms with Crippen LogP contribution in [0.5, 0.6) is 0 Å². The van der Waals surface area contributed by atoms with Gasteiger partial charge in [0.25, 0.3) is 0 Å². The molecule has 1 unspecified atom stereocenters. The third-order valence-corrected chi connectivity index (χ3v) is 3.06. The van der Waals surface area contributed by atoms with Crippen LogP contribution in [0.25, 0.3) is 0 Å². The topological polar surface area (TPSA) is 12.0 Å². The van der Waals surface area contributed by atoms with Crippen LogP contribution in [0.4, 0.5) is 27.6 Å². The average Bonchev–Trinajstić information content (AvgIpc) is 2.43. The average molecular weight is 301 g/mol. The maximum atomic E-state index is 13.5. The molecule has 0 aliphatic heterocycles. The van der Waals surface area contributed by atoms with Crippen LogP contribution < -0.4 is 5.32 Å². The van der Waals surface area contributed by atoms with Crippen LogP contribution in [0.1, 0.15) is 24.1 Å². The van der Waals surface area contributed by atoms with E-state index in [1.165, 1.54) is 24.3 Å². The van der Waals surface area contributed by atoms with Crippen molar-refractivity contribution in [3.05, 3.63) is 65.2 Å². The minimum atomic E-state index is -4.40. The predicted octanol–water partition coefficient (Wildman–Crippen LogP) is 5.16. The molecule has 21 heavy (non-hydrogen) atoms. The lowest BCUT2D eigenvalue weighted by molar-refractivity contribution is -0.137. The molecule has 2 aromatic rings. The number of alkyl halides is 3. The molecule has 1 N–H and O–H groups in total. The highest BCUT2D eigenvalue weighted by atomic mass is 19.4. The van der Waals surface area contributed by atoms with Gasteiger partial charge in [-0.2, -0.15) is 13.2 Å². The molecule has 0 amide bonds. The largest absolute Gasteiger partial charge is 0.416 e. The number of benzene rings is 2. The van der Waals surface area contributed by atoms with Crippen LogP contribution in [-0.4, -0.2) is 0 Å². The summed E-state index contributed by atoms with van der Waals surface area (Å²) in [6, 6.07) is 7.74. The van der Waals surface area contributed by atoms with E-state index in [1.807, 2.05) is 0 Å². The molecule has 2 aromatic carbocycles. The van der Waals surface area contributed by atoms with Gasteiger partial charge < -0.3 is 5.32 Å². The number of halogens is 5. The Morgan fingerprint density at radius 3 is 2.14 bits per heavy atom. The third-order valence-electron chi connectivity index (χ3n) is 3.06. The first-order valence-electron chi connectivity index (χ1n) is 6.16. The summed E-state index contributed by atoms with van der Waals surface area (Å²) in [5, 5.41) is 2.73. The number of rotatable bonds is 3. The Hall–Kier alpha value is -2.11. The Balaban J connectivity index is 2.17. The molecular formula is C15H12F5N. The van der Waals surface area contributed by atoms with Crippen LogP contribution in [0.15, 0.2) is 42.5 Å². The molecule has 0 bridgehead atoms. The molecule has 6 heteroatoms. The van der Waals surface area contributed by atoms with E-state index in [2.05, 4.69) is 5.32 Å². The van der Waals surface area contributed by atoms with Crippen molar-refractivity contribution >= 4 is 5.69 Å². The summed E-state index contributed by atoms with van der Waals surface area (Å²) < 4.78 is 64.0. The van der Waals surface area contributed by atoms with Gasteiger partial charge in [-0.3, -0.25) is 0 Å². The van der Waals surface area contributed by atoms with E-state index >= 15 is 0 Å². The van der Waals surface area contributed by atoms with E-state index in [0.717, 1.165) is 18.2 Å². The zero-order valence-corrected chi connectivity index (χ0v) is 11.0. The minimum Gasteiger partial charge on any atom is -0.376 e. The van der Waals surface area contributed by atoms with E-state index in [4.69, 9.17) is 0 Å². The molecule has 0 saturated carbocycles. The first-order valence-corrected chi connectivity index (χ1v) is 6.16. The quantitative estimate of drug-likeness (QED) is 0.772. The lowest BCUT2D eigenvalue weighted by Crippen LogP contribution is -2.10. The summed E-state index contributed by atoms with van der Waals surface area (Å²) in [6.45, 7) is 1.65. The summed E-state index contributed by atoms with van der Waals surface area (Å²) in [4.78, 5) is 0. The Labute approximate surface area is 118 Å². The van der Waals surface area contributed by atoms with Crippen molar-refractivity contribution in [2.75, 3.05) is 5.32 Å². The van der Waals surface area contributed by atoms with Crippen LogP contribution in [0.3, 0.4) is 0 Å². The van der Waals surface area contributed by atoms with Crippen molar-refractivity contribution in [2.24, 2.45) is 0 Å². The van der Waals surface area contributed by atoms with E-state index < -0.39 is 29.4 Å². The fraction of sp³-hybridized carbons (Fsp3) is 0.200. The molecule has 0 saturated heterocycles. The molecule has 112 valence electrons. The maximum absolute atomic E-state index is 13.5. The predicted molar refractivity (Wildman–Crippen MR) is 69.8 cm³/mol. The van der Waals surface area contributed by atoms with Gasteiger partial charge in [-0.15, -0.1) is 0 Å². The van der Waals surface area contributed by atoms with E-state index in [1.54, 1.807) is 6.92 Å². The molecule has 0 aromatic heterocycles. The molecule has 1 atom stereocenters. The molecular weight excluding hydrogens is 289 g/mol. The van der Waals surface area contributed by atoms with Crippen LogP contribution in [0, 0.1) is 11.6 Å². The summed E-state index contributed by atoms with van der Waals surface area (Å²) in [6.07, 6.45) is -4.40. The molecule has 0 heterocycles. The van der Waals surface area contributed by atoms with Crippen LogP contribution in [0.2, 0.25) is 0 Å². The summed E-state index contributed by atoms with van der Waals surface area (Å²) >= 11 is 0. The monoisotopic (exact) mass is 301 g/mol. The number of hydrogen-bond acceptors (Lipinski definition) is 1. The molecule has 0 aliphatic rings. The second-order valence-corrected chi connectivity index (χ2v) is 4.59. The molecule has 0 spiro atoms. The smallest absolute Gasteiger partial charge is 0.376 e. The van der Waals surface area contributed by atoms with Gasteiger partial charge in [0.05, 0.1) is 11.3 Å². The Kier molecular flexibility index (Phi) is 4.16. The molecule has 2 rings (SSSR count). The minimum absolute atomic E-state index is 0.0394. The molecule has 0 aliphatic carbocycles. The van der Waals surface area contributed by atoms with Gasteiger partial charge in [-0.05, 0) is 36.8 Å². The third kappa shape index (κ3) is 3.51. The van der Waals surface area contributed by atoms with Gasteiger partial charge in [-0.1, -0.05) is 18.2 Å². The van der Waals surface area contributed by atoms with E-state index in [9.17, 15) is 22.0 Å². The highest BCUT2D eigenvalue weighted by Crippen LogP contribution is 2.30. The van der Waals surface area contributed by atoms with Crippen molar-refractivity contribution in [1.29, 1.82) is 0 Å². The number of hydrogen-bond donors (Lipinski definition) is 1. The Morgan fingerprint density at radius 2 is 1.57 bits per heavy atom. The number of nitrogens with one attached hydrogen (secondary N) is 1. The summed E-state index contributed by atoms with van der Waals surface area (Å²) in [5.41, 5.74) is -0.260. The molecule has 0 fully saturated rings. The van der Waals surface area contributed by atoms with Crippen molar-refractivity contribution in [1.82, 2.24) is 0 Å². The summed E-state index contributed by atoms with van der Waals surface area (Å²) in [5.74, 6) is -2.00. The van der Waals surface area contributed by atoms with Gasteiger partial charge in [0.1, 0.15) is 0 Å². The van der Waals surface area contributed by atoms with Gasteiger partial charge in [0, 0.05) is 6.04 Å². The fourth-order valence-electron chi connectivity index (χ4n) is 1.89. The molecule has 0 radical (unpaired) electrons. The SMILES string of the molecule is CC(Nc1cccc(F)c1F)c1ccc(C(F)(F)F)cc1. The van der Waals surface area contributed by atoms with Crippen LogP contribution in [-0.2, 0) is 6.18 Å². The Bertz CT molecular complexity index is 619. The zero-order chi connectivity index (χ0) is 15.6. The van der Waals surface area contributed by atoms with Crippen molar-refractivity contribution in [3.63, 3.8) is 0 Å². The Morgan fingerprint density at radius 1 is 0.952 bits per heavy atom. The normalized spacial score (nSPS) is 13.0. The van der Waals surface area contributed by atoms with E-state index in [0.29, 0.717) is 5.56 Å². The standard InChI is InChI=1S/C15H12F5N/c1-9(21-13-4-2-3-12(16)14(13)17)10-5-7-11(8-6-10)15(18,19)20/h2-9,21H,1H3. The highest BCUT2D eigenvalue weighted by molar-refractivity contribution is 5.47. The zero-order valence-electron chi connectivity index (χ0n) is 11.0. The van der Waals surface area contributed by atoms with Gasteiger partial charge in [-0.25, -0.2) is 8.78 Å². The second kappa shape index (κ2) is 5.71. The lowest BCUT2D eigenvalue weighted by atomic mass is 10.1. The van der Waals surface area contributed by atoms with Crippen LogP contribution >= 0.6 is 0 Å².